The number of halogens is 1. The van der Waals surface area contributed by atoms with Crippen LogP contribution < -0.4 is 14.4 Å². The standard InChI is InChI=1S/C24H25ClN2O3/c1-16-13-21(14-17(2)23(16)25)30-18(3)24(28)27(22-7-5-6-12-26-22)15-19-8-10-20(29-4)11-9-19/h5-14,18H,15H2,1-4H3/t18-/m1/s1. The molecule has 2 aromatic carbocycles. The van der Waals surface area contributed by atoms with Crippen molar-refractivity contribution >= 4 is 23.3 Å². The van der Waals surface area contributed by atoms with Gasteiger partial charge in [-0.2, -0.15) is 0 Å². The fraction of sp³-hybridized carbons (Fsp3) is 0.250. The highest BCUT2D eigenvalue weighted by molar-refractivity contribution is 6.32. The summed E-state index contributed by atoms with van der Waals surface area (Å²) in [5.41, 5.74) is 2.78. The van der Waals surface area contributed by atoms with Gasteiger partial charge in [0.1, 0.15) is 17.3 Å². The lowest BCUT2D eigenvalue weighted by Gasteiger charge is -2.26. The number of nitrogens with zero attached hydrogens (tertiary/aromatic N) is 2. The topological polar surface area (TPSA) is 51.7 Å². The van der Waals surface area contributed by atoms with Crippen LogP contribution in [0.25, 0.3) is 0 Å². The fourth-order valence-corrected chi connectivity index (χ4v) is 3.26. The molecule has 1 atom stereocenters. The van der Waals surface area contributed by atoms with Crippen molar-refractivity contribution < 1.29 is 14.3 Å². The maximum absolute atomic E-state index is 13.3. The van der Waals surface area contributed by atoms with E-state index in [4.69, 9.17) is 21.1 Å². The van der Waals surface area contributed by atoms with E-state index in [-0.39, 0.29) is 5.91 Å². The minimum absolute atomic E-state index is 0.185. The van der Waals surface area contributed by atoms with Crippen LogP contribution in [0.1, 0.15) is 23.6 Å². The molecule has 1 heterocycles. The Kier molecular flexibility index (Phi) is 6.95. The summed E-state index contributed by atoms with van der Waals surface area (Å²) in [5, 5.41) is 0.705. The van der Waals surface area contributed by atoms with Crippen LogP contribution in [0.4, 0.5) is 5.82 Å². The number of aromatic nitrogens is 1. The number of hydrogen-bond donors (Lipinski definition) is 0. The normalized spacial score (nSPS) is 11.6. The molecule has 30 heavy (non-hydrogen) atoms. The number of amides is 1. The van der Waals surface area contributed by atoms with Crippen LogP contribution in [0.2, 0.25) is 5.02 Å². The van der Waals surface area contributed by atoms with Crippen LogP contribution in [0, 0.1) is 13.8 Å². The smallest absolute Gasteiger partial charge is 0.269 e. The lowest BCUT2D eigenvalue weighted by Crippen LogP contribution is -2.40. The molecule has 0 saturated carbocycles. The molecule has 3 rings (SSSR count). The van der Waals surface area contributed by atoms with Gasteiger partial charge in [0.25, 0.3) is 5.91 Å². The number of aryl methyl sites for hydroxylation is 2. The molecular weight excluding hydrogens is 400 g/mol. The third-order valence-corrected chi connectivity index (χ3v) is 5.36. The van der Waals surface area contributed by atoms with Crippen molar-refractivity contribution in [3.05, 3.63) is 82.5 Å². The van der Waals surface area contributed by atoms with Gasteiger partial charge in [0.2, 0.25) is 0 Å². The van der Waals surface area contributed by atoms with Gasteiger partial charge in [0.05, 0.1) is 13.7 Å². The van der Waals surface area contributed by atoms with E-state index in [2.05, 4.69) is 4.98 Å². The summed E-state index contributed by atoms with van der Waals surface area (Å²) in [6, 6.07) is 16.8. The Morgan fingerprint density at radius 1 is 1.07 bits per heavy atom. The number of rotatable bonds is 7. The number of anilines is 1. The summed E-state index contributed by atoms with van der Waals surface area (Å²) in [6.07, 6.45) is 0.964. The molecule has 0 aliphatic heterocycles. The Morgan fingerprint density at radius 2 is 1.73 bits per heavy atom. The van der Waals surface area contributed by atoms with E-state index in [1.807, 2.05) is 68.4 Å². The quantitative estimate of drug-likeness (QED) is 0.512. The lowest BCUT2D eigenvalue weighted by atomic mass is 10.1. The largest absolute Gasteiger partial charge is 0.497 e. The van der Waals surface area contributed by atoms with E-state index in [1.165, 1.54) is 0 Å². The van der Waals surface area contributed by atoms with E-state index >= 15 is 0 Å². The molecule has 0 saturated heterocycles. The maximum atomic E-state index is 13.3. The van der Waals surface area contributed by atoms with E-state index < -0.39 is 6.10 Å². The number of pyridine rings is 1. The molecule has 3 aromatic rings. The number of carbonyl (C=O) groups is 1. The van der Waals surface area contributed by atoms with Crippen LogP contribution >= 0.6 is 11.6 Å². The van der Waals surface area contributed by atoms with Crippen molar-refractivity contribution in [2.24, 2.45) is 0 Å². The molecule has 0 unspecified atom stereocenters. The van der Waals surface area contributed by atoms with Crippen molar-refractivity contribution in [2.75, 3.05) is 12.0 Å². The second-order valence-corrected chi connectivity index (χ2v) is 7.47. The summed E-state index contributed by atoms with van der Waals surface area (Å²) >= 11 is 6.24. The van der Waals surface area contributed by atoms with Gasteiger partial charge in [0, 0.05) is 11.2 Å². The summed E-state index contributed by atoms with van der Waals surface area (Å²) in [7, 11) is 1.62. The highest BCUT2D eigenvalue weighted by Crippen LogP contribution is 2.27. The molecule has 0 fully saturated rings. The van der Waals surface area contributed by atoms with Gasteiger partial charge >= 0.3 is 0 Å². The summed E-state index contributed by atoms with van der Waals surface area (Å²) in [4.78, 5) is 19.3. The molecule has 0 spiro atoms. The van der Waals surface area contributed by atoms with E-state index in [1.54, 1.807) is 25.1 Å². The SMILES string of the molecule is COc1ccc(CN(C(=O)[C@@H](C)Oc2cc(C)c(Cl)c(C)c2)c2ccccn2)cc1. The molecule has 5 nitrogen and oxygen atoms in total. The predicted molar refractivity (Wildman–Crippen MR) is 119 cm³/mol. The first-order valence-electron chi connectivity index (χ1n) is 9.67. The van der Waals surface area contributed by atoms with Gasteiger partial charge in [-0.05, 0) is 73.9 Å². The predicted octanol–water partition coefficient (Wildman–Crippen LogP) is 5.36. The average molecular weight is 425 g/mol. The molecule has 156 valence electrons. The Morgan fingerprint density at radius 3 is 2.30 bits per heavy atom. The first-order valence-corrected chi connectivity index (χ1v) is 10.1. The van der Waals surface area contributed by atoms with Crippen LogP contribution in [-0.4, -0.2) is 24.1 Å². The van der Waals surface area contributed by atoms with Gasteiger partial charge in [0.15, 0.2) is 6.10 Å². The molecular formula is C24H25ClN2O3. The Balaban J connectivity index is 1.84. The zero-order valence-electron chi connectivity index (χ0n) is 17.6. The maximum Gasteiger partial charge on any atom is 0.269 e. The van der Waals surface area contributed by atoms with Crippen molar-refractivity contribution in [3.8, 4) is 11.5 Å². The minimum atomic E-state index is -0.703. The van der Waals surface area contributed by atoms with Crippen LogP contribution in [0.3, 0.4) is 0 Å². The minimum Gasteiger partial charge on any atom is -0.497 e. The third-order valence-electron chi connectivity index (χ3n) is 4.76. The van der Waals surface area contributed by atoms with Gasteiger partial charge in [-0.3, -0.25) is 9.69 Å². The molecule has 0 aliphatic carbocycles. The number of carbonyl (C=O) groups excluding carboxylic acids is 1. The molecule has 0 N–H and O–H groups in total. The van der Waals surface area contributed by atoms with Crippen LogP contribution in [0.15, 0.2) is 60.8 Å². The van der Waals surface area contributed by atoms with E-state index in [0.717, 1.165) is 22.4 Å². The summed E-state index contributed by atoms with van der Waals surface area (Å²) < 4.78 is 11.2. The van der Waals surface area contributed by atoms with Crippen molar-refractivity contribution in [3.63, 3.8) is 0 Å². The number of benzene rings is 2. The number of methoxy groups -OCH3 is 1. The third kappa shape index (κ3) is 5.10. The van der Waals surface area contributed by atoms with Crippen molar-refractivity contribution in [2.45, 2.75) is 33.4 Å². The highest BCUT2D eigenvalue weighted by Gasteiger charge is 2.25. The second-order valence-electron chi connectivity index (χ2n) is 7.09. The average Bonchev–Trinajstić information content (AvgIpc) is 2.76. The molecule has 0 radical (unpaired) electrons. The first kappa shape index (κ1) is 21.7. The summed E-state index contributed by atoms with van der Waals surface area (Å²) in [6.45, 7) is 5.94. The first-order chi connectivity index (χ1) is 14.4. The Labute approximate surface area is 182 Å². The molecule has 0 aliphatic rings. The zero-order valence-corrected chi connectivity index (χ0v) is 18.3. The fourth-order valence-electron chi connectivity index (χ4n) is 3.15. The van der Waals surface area contributed by atoms with Gasteiger partial charge < -0.3 is 9.47 Å². The van der Waals surface area contributed by atoms with Gasteiger partial charge in [-0.15, -0.1) is 0 Å². The Bertz CT molecular complexity index is 984. The zero-order chi connectivity index (χ0) is 21.7. The Hall–Kier alpha value is -3.05. The monoisotopic (exact) mass is 424 g/mol. The second kappa shape index (κ2) is 9.63. The highest BCUT2D eigenvalue weighted by atomic mass is 35.5. The number of ether oxygens (including phenoxy) is 2. The van der Waals surface area contributed by atoms with E-state index in [0.29, 0.717) is 23.1 Å². The van der Waals surface area contributed by atoms with Crippen LogP contribution in [0.5, 0.6) is 11.5 Å². The molecule has 0 bridgehead atoms. The molecule has 1 amide bonds. The van der Waals surface area contributed by atoms with Crippen molar-refractivity contribution in [1.29, 1.82) is 0 Å². The van der Waals surface area contributed by atoms with Crippen molar-refractivity contribution in [1.82, 2.24) is 4.98 Å². The molecule has 6 heteroatoms. The van der Waals surface area contributed by atoms with Crippen LogP contribution in [-0.2, 0) is 11.3 Å². The number of hydrogen-bond acceptors (Lipinski definition) is 4. The summed E-state index contributed by atoms with van der Waals surface area (Å²) in [5.74, 6) is 1.76. The van der Waals surface area contributed by atoms with Gasteiger partial charge in [-0.25, -0.2) is 4.98 Å². The van der Waals surface area contributed by atoms with E-state index in [9.17, 15) is 4.79 Å². The molecule has 1 aromatic heterocycles. The van der Waals surface area contributed by atoms with Gasteiger partial charge in [-0.1, -0.05) is 29.8 Å². The lowest BCUT2D eigenvalue weighted by molar-refractivity contribution is -0.124.